The lowest BCUT2D eigenvalue weighted by molar-refractivity contribution is 0.124. The molecule has 0 bridgehead atoms. The number of nitrogen functional groups attached to an aromatic ring is 1. The number of rotatable bonds is 11. The van der Waals surface area contributed by atoms with Crippen molar-refractivity contribution >= 4 is 17.0 Å². The lowest BCUT2D eigenvalue weighted by Crippen LogP contribution is -2.21. The fourth-order valence-electron chi connectivity index (χ4n) is 3.21. The highest BCUT2D eigenvalue weighted by atomic mass is 16.3. The van der Waals surface area contributed by atoms with Crippen LogP contribution in [0.3, 0.4) is 0 Å². The SMILES string of the molecule is CCCCCCCCCC[C@@H]([C@@H](C)O)n1cnc2c(N)ncnc21. The Hall–Kier alpha value is -1.69. The van der Waals surface area contributed by atoms with Gasteiger partial charge in [-0.15, -0.1) is 0 Å². The first kappa shape index (κ1) is 18.6. The van der Waals surface area contributed by atoms with Crippen LogP contribution in [0.2, 0.25) is 0 Å². The number of nitrogens with two attached hydrogens (primary N) is 1. The van der Waals surface area contributed by atoms with Crippen molar-refractivity contribution in [2.45, 2.75) is 83.8 Å². The van der Waals surface area contributed by atoms with Gasteiger partial charge in [0.05, 0.1) is 18.5 Å². The molecule has 0 aromatic carbocycles. The second kappa shape index (κ2) is 9.57. The molecule has 3 N–H and O–H groups in total. The van der Waals surface area contributed by atoms with Gasteiger partial charge in [-0.2, -0.15) is 0 Å². The van der Waals surface area contributed by atoms with E-state index in [0.717, 1.165) is 12.8 Å². The summed E-state index contributed by atoms with van der Waals surface area (Å²) < 4.78 is 1.94. The number of aliphatic hydroxyl groups is 1. The average Bonchev–Trinajstić information content (AvgIpc) is 2.98. The second-order valence-electron chi connectivity index (χ2n) is 6.65. The normalized spacial score (nSPS) is 14.1. The van der Waals surface area contributed by atoms with Crippen LogP contribution in [-0.4, -0.2) is 30.7 Å². The minimum absolute atomic E-state index is 0.0237. The van der Waals surface area contributed by atoms with Crippen LogP contribution in [0, 0.1) is 0 Å². The maximum absolute atomic E-state index is 10.2. The Labute approximate surface area is 144 Å². The molecule has 2 atom stereocenters. The van der Waals surface area contributed by atoms with Crippen LogP contribution in [0.5, 0.6) is 0 Å². The smallest absolute Gasteiger partial charge is 0.165 e. The minimum Gasteiger partial charge on any atom is -0.391 e. The van der Waals surface area contributed by atoms with Gasteiger partial charge in [-0.25, -0.2) is 15.0 Å². The lowest BCUT2D eigenvalue weighted by atomic mass is 10.0. The molecule has 2 rings (SSSR count). The predicted molar refractivity (Wildman–Crippen MR) is 97.7 cm³/mol. The highest BCUT2D eigenvalue weighted by molar-refractivity contribution is 5.81. The van der Waals surface area contributed by atoms with Gasteiger partial charge in [-0.1, -0.05) is 58.3 Å². The van der Waals surface area contributed by atoms with E-state index in [2.05, 4.69) is 21.9 Å². The number of aromatic nitrogens is 4. The van der Waals surface area contributed by atoms with E-state index in [0.29, 0.717) is 17.0 Å². The Balaban J connectivity index is 1.87. The van der Waals surface area contributed by atoms with Crippen LogP contribution >= 0.6 is 0 Å². The van der Waals surface area contributed by atoms with Crippen LogP contribution in [-0.2, 0) is 0 Å². The zero-order chi connectivity index (χ0) is 17.4. The molecular formula is C18H31N5O. The molecule has 0 spiro atoms. The third kappa shape index (κ3) is 4.90. The van der Waals surface area contributed by atoms with Gasteiger partial charge in [-0.05, 0) is 13.3 Å². The van der Waals surface area contributed by atoms with Crippen molar-refractivity contribution in [1.29, 1.82) is 0 Å². The van der Waals surface area contributed by atoms with E-state index in [1.807, 2.05) is 11.5 Å². The summed E-state index contributed by atoms with van der Waals surface area (Å²) in [4.78, 5) is 12.6. The molecule has 6 heteroatoms. The van der Waals surface area contributed by atoms with Gasteiger partial charge >= 0.3 is 0 Å². The molecule has 0 unspecified atom stereocenters. The fourth-order valence-corrected chi connectivity index (χ4v) is 3.21. The fraction of sp³-hybridized carbons (Fsp3) is 0.722. The molecule has 2 heterocycles. The van der Waals surface area contributed by atoms with E-state index in [9.17, 15) is 5.11 Å². The van der Waals surface area contributed by atoms with Gasteiger partial charge in [0.15, 0.2) is 11.5 Å². The third-order valence-corrected chi connectivity index (χ3v) is 4.65. The Morgan fingerprint density at radius 1 is 1.04 bits per heavy atom. The predicted octanol–water partition coefficient (Wildman–Crippen LogP) is 3.86. The lowest BCUT2D eigenvalue weighted by Gasteiger charge is -2.21. The van der Waals surface area contributed by atoms with E-state index in [4.69, 9.17) is 5.73 Å². The number of unbranched alkanes of at least 4 members (excludes halogenated alkanes) is 7. The van der Waals surface area contributed by atoms with Crippen molar-refractivity contribution < 1.29 is 5.11 Å². The number of hydrogen-bond donors (Lipinski definition) is 2. The molecule has 24 heavy (non-hydrogen) atoms. The van der Waals surface area contributed by atoms with Crippen LogP contribution in [0.15, 0.2) is 12.7 Å². The third-order valence-electron chi connectivity index (χ3n) is 4.65. The molecule has 0 radical (unpaired) electrons. The summed E-state index contributed by atoms with van der Waals surface area (Å²) in [6.07, 6.45) is 13.9. The molecule has 0 amide bonds. The van der Waals surface area contributed by atoms with Gasteiger partial charge < -0.3 is 15.4 Å². The van der Waals surface area contributed by atoms with Crippen molar-refractivity contribution in [2.75, 3.05) is 5.73 Å². The number of aliphatic hydroxyl groups excluding tert-OH is 1. The zero-order valence-electron chi connectivity index (χ0n) is 15.0. The van der Waals surface area contributed by atoms with Crippen LogP contribution < -0.4 is 5.73 Å². The molecule has 0 aliphatic rings. The van der Waals surface area contributed by atoms with E-state index in [1.54, 1.807) is 6.33 Å². The summed E-state index contributed by atoms with van der Waals surface area (Å²) in [7, 11) is 0. The summed E-state index contributed by atoms with van der Waals surface area (Å²) in [5.41, 5.74) is 7.16. The average molecular weight is 333 g/mol. The summed E-state index contributed by atoms with van der Waals surface area (Å²) in [6, 6.07) is -0.0237. The van der Waals surface area contributed by atoms with E-state index >= 15 is 0 Å². The number of hydrogen-bond acceptors (Lipinski definition) is 5. The number of anilines is 1. The van der Waals surface area contributed by atoms with Gasteiger partial charge in [0, 0.05) is 0 Å². The number of fused-ring (bicyclic) bond motifs is 1. The molecule has 0 saturated heterocycles. The summed E-state index contributed by atoms with van der Waals surface area (Å²) in [6.45, 7) is 4.07. The Morgan fingerprint density at radius 3 is 2.38 bits per heavy atom. The van der Waals surface area contributed by atoms with Crippen LogP contribution in [0.4, 0.5) is 5.82 Å². The van der Waals surface area contributed by atoms with Gasteiger partial charge in [0.2, 0.25) is 0 Å². The Bertz CT molecular complexity index is 610. The van der Waals surface area contributed by atoms with Crippen molar-refractivity contribution in [3.63, 3.8) is 0 Å². The molecule has 6 nitrogen and oxygen atoms in total. The van der Waals surface area contributed by atoms with E-state index in [1.165, 1.54) is 51.3 Å². The first-order chi connectivity index (χ1) is 11.6. The van der Waals surface area contributed by atoms with Crippen molar-refractivity contribution in [3.05, 3.63) is 12.7 Å². The van der Waals surface area contributed by atoms with Gasteiger partial charge in [-0.3, -0.25) is 0 Å². The number of nitrogens with zero attached hydrogens (tertiary/aromatic N) is 4. The number of imidazole rings is 1. The van der Waals surface area contributed by atoms with Crippen LogP contribution in [0.1, 0.15) is 77.7 Å². The molecule has 134 valence electrons. The minimum atomic E-state index is -0.455. The Kier molecular flexibility index (Phi) is 7.43. The zero-order valence-corrected chi connectivity index (χ0v) is 15.0. The first-order valence-electron chi connectivity index (χ1n) is 9.26. The molecule has 0 aliphatic heterocycles. The Morgan fingerprint density at radius 2 is 1.71 bits per heavy atom. The first-order valence-corrected chi connectivity index (χ1v) is 9.26. The standard InChI is InChI=1S/C18H31N5O/c1-3-4-5-6-7-8-9-10-11-15(14(2)24)23-13-22-16-17(19)20-12-21-18(16)23/h12-15,24H,3-11H2,1-2H3,(H2,19,20,21)/t14-,15+/m1/s1. The van der Waals surface area contributed by atoms with Crippen LogP contribution in [0.25, 0.3) is 11.2 Å². The molecule has 0 aliphatic carbocycles. The van der Waals surface area contributed by atoms with Crippen molar-refractivity contribution in [2.24, 2.45) is 0 Å². The van der Waals surface area contributed by atoms with Crippen molar-refractivity contribution in [1.82, 2.24) is 19.5 Å². The molecule has 0 fully saturated rings. The summed E-state index contributed by atoms with van der Waals surface area (Å²) in [5.74, 6) is 0.384. The second-order valence-corrected chi connectivity index (χ2v) is 6.65. The quantitative estimate of drug-likeness (QED) is 0.609. The molecule has 2 aromatic rings. The molecule has 2 aromatic heterocycles. The monoisotopic (exact) mass is 333 g/mol. The molecule has 0 saturated carbocycles. The summed E-state index contributed by atoms with van der Waals surface area (Å²) in [5, 5.41) is 10.2. The topological polar surface area (TPSA) is 89.8 Å². The van der Waals surface area contributed by atoms with E-state index in [-0.39, 0.29) is 6.04 Å². The summed E-state index contributed by atoms with van der Waals surface area (Å²) >= 11 is 0. The van der Waals surface area contributed by atoms with E-state index < -0.39 is 6.10 Å². The van der Waals surface area contributed by atoms with Gasteiger partial charge in [0.25, 0.3) is 0 Å². The van der Waals surface area contributed by atoms with Gasteiger partial charge in [0.1, 0.15) is 11.8 Å². The maximum atomic E-state index is 10.2. The maximum Gasteiger partial charge on any atom is 0.165 e. The largest absolute Gasteiger partial charge is 0.391 e. The molecular weight excluding hydrogens is 302 g/mol. The highest BCUT2D eigenvalue weighted by Crippen LogP contribution is 2.25. The highest BCUT2D eigenvalue weighted by Gasteiger charge is 2.20. The van der Waals surface area contributed by atoms with Crippen molar-refractivity contribution in [3.8, 4) is 0 Å².